The minimum atomic E-state index is 0.206. The summed E-state index contributed by atoms with van der Waals surface area (Å²) in [7, 11) is 1.98. The zero-order valence-corrected chi connectivity index (χ0v) is 11.2. The summed E-state index contributed by atoms with van der Waals surface area (Å²) in [5, 5.41) is 7.95. The van der Waals surface area contributed by atoms with Crippen molar-refractivity contribution in [2.24, 2.45) is 13.0 Å². The topological polar surface area (TPSA) is 42.7 Å². The molecule has 17 heavy (non-hydrogen) atoms. The molecule has 1 aliphatic rings. The molecule has 1 aromatic rings. The molecule has 1 atom stereocenters. The van der Waals surface area contributed by atoms with Crippen LogP contribution >= 0.6 is 0 Å². The Morgan fingerprint density at radius 3 is 2.88 bits per heavy atom. The highest BCUT2D eigenvalue weighted by molar-refractivity contribution is 5.01. The van der Waals surface area contributed by atoms with Crippen LogP contribution in [0.2, 0.25) is 0 Å². The van der Waals surface area contributed by atoms with Gasteiger partial charge >= 0.3 is 0 Å². The molecule has 0 bridgehead atoms. The summed E-state index contributed by atoms with van der Waals surface area (Å²) in [6.45, 7) is 5.76. The summed E-state index contributed by atoms with van der Waals surface area (Å²) >= 11 is 0. The summed E-state index contributed by atoms with van der Waals surface area (Å²) in [6, 6.07) is 0. The van der Waals surface area contributed by atoms with Crippen LogP contribution in [0.3, 0.4) is 0 Å². The largest absolute Gasteiger partial charge is 0.311 e. The molecule has 1 unspecified atom stereocenters. The van der Waals surface area contributed by atoms with Gasteiger partial charge in [0.05, 0.1) is 0 Å². The van der Waals surface area contributed by atoms with Crippen LogP contribution in [-0.2, 0) is 13.5 Å². The van der Waals surface area contributed by atoms with Gasteiger partial charge in [-0.3, -0.25) is 4.68 Å². The number of hydrogen-bond donors (Lipinski definition) is 1. The summed E-state index contributed by atoms with van der Waals surface area (Å²) in [5.41, 5.74) is 0.206. The molecular formula is C13H24N4. The highest BCUT2D eigenvalue weighted by Gasteiger charge is 2.35. The fraction of sp³-hybridized carbons (Fsp3) is 0.846. The predicted molar refractivity (Wildman–Crippen MR) is 68.7 cm³/mol. The monoisotopic (exact) mass is 236 g/mol. The lowest BCUT2D eigenvalue weighted by Gasteiger charge is -2.37. The van der Waals surface area contributed by atoms with Crippen LogP contribution in [0.25, 0.3) is 0 Å². The minimum Gasteiger partial charge on any atom is -0.311 e. The van der Waals surface area contributed by atoms with Gasteiger partial charge in [-0.15, -0.1) is 0 Å². The maximum absolute atomic E-state index is 4.38. The quantitative estimate of drug-likeness (QED) is 0.872. The van der Waals surface area contributed by atoms with Crippen molar-refractivity contribution in [3.63, 3.8) is 0 Å². The van der Waals surface area contributed by atoms with E-state index in [0.717, 1.165) is 18.8 Å². The molecule has 2 rings (SSSR count). The second-order valence-corrected chi connectivity index (χ2v) is 5.52. The Kier molecular flexibility index (Phi) is 3.82. The van der Waals surface area contributed by atoms with Gasteiger partial charge in [0.25, 0.3) is 0 Å². The molecule has 0 spiro atoms. The summed E-state index contributed by atoms with van der Waals surface area (Å²) < 4.78 is 1.90. The summed E-state index contributed by atoms with van der Waals surface area (Å²) in [4.78, 5) is 4.38. The molecule has 0 saturated carbocycles. The normalized spacial score (nSPS) is 26.1. The first-order chi connectivity index (χ1) is 8.14. The Morgan fingerprint density at radius 2 is 2.24 bits per heavy atom. The molecule has 1 fully saturated rings. The Morgan fingerprint density at radius 1 is 1.41 bits per heavy atom. The van der Waals surface area contributed by atoms with Crippen molar-refractivity contribution in [3.8, 4) is 0 Å². The molecule has 0 aromatic carbocycles. The molecule has 4 nitrogen and oxygen atoms in total. The molecule has 0 radical (unpaired) electrons. The van der Waals surface area contributed by atoms with E-state index in [0.29, 0.717) is 5.92 Å². The van der Waals surface area contributed by atoms with Gasteiger partial charge < -0.3 is 5.32 Å². The fourth-order valence-electron chi connectivity index (χ4n) is 2.78. The summed E-state index contributed by atoms with van der Waals surface area (Å²) in [5.74, 6) is 1.71. The molecular weight excluding hydrogens is 212 g/mol. The first-order valence-corrected chi connectivity index (χ1v) is 6.72. The third kappa shape index (κ3) is 2.68. The van der Waals surface area contributed by atoms with E-state index in [9.17, 15) is 0 Å². The van der Waals surface area contributed by atoms with E-state index < -0.39 is 0 Å². The average Bonchev–Trinajstić information content (AvgIpc) is 2.54. The van der Waals surface area contributed by atoms with Gasteiger partial charge in [-0.25, -0.2) is 4.98 Å². The van der Waals surface area contributed by atoms with Gasteiger partial charge in [-0.2, -0.15) is 5.10 Å². The highest BCUT2D eigenvalue weighted by atomic mass is 15.3. The Hall–Kier alpha value is -0.900. The van der Waals surface area contributed by atoms with E-state index >= 15 is 0 Å². The van der Waals surface area contributed by atoms with Crippen molar-refractivity contribution in [2.45, 2.75) is 51.5 Å². The fourth-order valence-corrected chi connectivity index (χ4v) is 2.78. The van der Waals surface area contributed by atoms with E-state index in [1.165, 1.54) is 25.7 Å². The zero-order valence-electron chi connectivity index (χ0n) is 11.2. The minimum absolute atomic E-state index is 0.206. The van der Waals surface area contributed by atoms with E-state index in [-0.39, 0.29) is 5.54 Å². The second-order valence-electron chi connectivity index (χ2n) is 5.52. The van der Waals surface area contributed by atoms with Crippen molar-refractivity contribution in [3.05, 3.63) is 12.2 Å². The molecule has 96 valence electrons. The van der Waals surface area contributed by atoms with Crippen LogP contribution in [0.15, 0.2) is 6.33 Å². The van der Waals surface area contributed by atoms with Gasteiger partial charge in [0.15, 0.2) is 0 Å². The number of rotatable bonds is 3. The smallest absolute Gasteiger partial charge is 0.138 e. The van der Waals surface area contributed by atoms with Gasteiger partial charge in [0.1, 0.15) is 12.2 Å². The van der Waals surface area contributed by atoms with E-state index in [2.05, 4.69) is 29.2 Å². The van der Waals surface area contributed by atoms with Crippen LogP contribution in [0.4, 0.5) is 0 Å². The van der Waals surface area contributed by atoms with Crippen molar-refractivity contribution in [1.29, 1.82) is 0 Å². The Labute approximate surface area is 104 Å². The first-order valence-electron chi connectivity index (χ1n) is 6.72. The first kappa shape index (κ1) is 12.6. The number of aromatic nitrogens is 3. The maximum atomic E-state index is 4.38. The van der Waals surface area contributed by atoms with Crippen molar-refractivity contribution in [1.82, 2.24) is 20.1 Å². The van der Waals surface area contributed by atoms with Crippen LogP contribution < -0.4 is 5.32 Å². The number of aryl methyl sites for hydroxylation is 1. The number of nitrogens with one attached hydrogen (secondary N) is 1. The third-order valence-electron chi connectivity index (χ3n) is 4.16. The average molecular weight is 236 g/mol. The molecule has 0 aliphatic carbocycles. The molecule has 2 heterocycles. The van der Waals surface area contributed by atoms with Gasteiger partial charge in [-0.05, 0) is 25.3 Å². The molecule has 4 heteroatoms. The molecule has 1 aliphatic heterocycles. The van der Waals surface area contributed by atoms with Crippen LogP contribution in [-0.4, -0.2) is 26.8 Å². The zero-order chi connectivity index (χ0) is 12.3. The highest BCUT2D eigenvalue weighted by Crippen LogP contribution is 2.29. The SMILES string of the molecule is CC(C)C1(Cc2ncnn2C)CCCCCN1. The van der Waals surface area contributed by atoms with Crippen LogP contribution in [0.1, 0.15) is 45.4 Å². The van der Waals surface area contributed by atoms with Crippen molar-refractivity contribution < 1.29 is 0 Å². The molecule has 1 N–H and O–H groups in total. The molecule has 1 aromatic heterocycles. The van der Waals surface area contributed by atoms with Gasteiger partial charge in [0.2, 0.25) is 0 Å². The van der Waals surface area contributed by atoms with Gasteiger partial charge in [-0.1, -0.05) is 26.7 Å². The third-order valence-corrected chi connectivity index (χ3v) is 4.16. The lowest BCUT2D eigenvalue weighted by Crippen LogP contribution is -2.51. The molecule has 1 saturated heterocycles. The maximum Gasteiger partial charge on any atom is 0.138 e. The summed E-state index contributed by atoms with van der Waals surface area (Å²) in [6.07, 6.45) is 7.86. The van der Waals surface area contributed by atoms with E-state index in [1.54, 1.807) is 6.33 Å². The van der Waals surface area contributed by atoms with Crippen molar-refractivity contribution in [2.75, 3.05) is 6.54 Å². The number of hydrogen-bond acceptors (Lipinski definition) is 3. The van der Waals surface area contributed by atoms with E-state index in [4.69, 9.17) is 0 Å². The van der Waals surface area contributed by atoms with Gasteiger partial charge in [0, 0.05) is 19.0 Å². The lowest BCUT2D eigenvalue weighted by atomic mass is 9.79. The van der Waals surface area contributed by atoms with Crippen molar-refractivity contribution >= 4 is 0 Å². The Bertz CT molecular complexity index is 348. The Balaban J connectivity index is 2.18. The second kappa shape index (κ2) is 5.17. The standard InChI is InChI=1S/C13H24N4/c1-11(2)13(7-5-4-6-8-15-13)9-12-14-10-16-17(12)3/h10-11,15H,4-9H2,1-3H3. The number of nitrogens with zero attached hydrogens (tertiary/aromatic N) is 3. The predicted octanol–water partition coefficient (Wildman–Crippen LogP) is 1.92. The van der Waals surface area contributed by atoms with Crippen LogP contribution in [0.5, 0.6) is 0 Å². The van der Waals surface area contributed by atoms with Crippen LogP contribution in [0, 0.1) is 5.92 Å². The lowest BCUT2D eigenvalue weighted by molar-refractivity contribution is 0.220. The molecule has 0 amide bonds. The van der Waals surface area contributed by atoms with E-state index in [1.807, 2.05) is 11.7 Å².